The lowest BCUT2D eigenvalue weighted by atomic mass is 10.3. The number of aliphatic imine (C=N–C) groups is 1. The molecule has 1 heteroatoms. The van der Waals surface area contributed by atoms with Crippen LogP contribution >= 0.6 is 0 Å². The van der Waals surface area contributed by atoms with E-state index in [0.29, 0.717) is 0 Å². The van der Waals surface area contributed by atoms with Gasteiger partial charge in [-0.15, -0.1) is 0 Å². The van der Waals surface area contributed by atoms with Gasteiger partial charge >= 0.3 is 0 Å². The maximum absolute atomic E-state index is 3.94. The lowest BCUT2D eigenvalue weighted by Crippen LogP contribution is -1.71. The van der Waals surface area contributed by atoms with E-state index in [4.69, 9.17) is 0 Å². The van der Waals surface area contributed by atoms with E-state index in [1.807, 2.05) is 6.21 Å². The number of rotatable bonds is 0. The van der Waals surface area contributed by atoms with E-state index >= 15 is 0 Å². The maximum atomic E-state index is 3.94. The predicted molar refractivity (Wildman–Crippen MR) is 27.1 cm³/mol. The van der Waals surface area contributed by atoms with E-state index in [2.05, 4.69) is 11.6 Å². The minimum atomic E-state index is 0.861. The molecule has 1 nitrogen and oxygen atoms in total. The molecule has 0 aliphatic carbocycles. The normalized spacial score (nSPS) is 19.7. The molecule has 6 heavy (non-hydrogen) atoms. The molecular weight excluding hydrogens is 74.1 g/mol. The Morgan fingerprint density at radius 1 is 1.83 bits per heavy atom. The molecule has 1 rings (SSSR count). The molecule has 0 aromatic heterocycles. The van der Waals surface area contributed by atoms with Crippen molar-refractivity contribution in [3.63, 3.8) is 0 Å². The summed E-state index contributed by atoms with van der Waals surface area (Å²) in [5.74, 6) is 0. The van der Waals surface area contributed by atoms with E-state index < -0.39 is 0 Å². The van der Waals surface area contributed by atoms with Crippen molar-refractivity contribution in [2.24, 2.45) is 4.99 Å². The highest BCUT2D eigenvalue weighted by Crippen LogP contribution is 2.00. The molecule has 0 aromatic carbocycles. The highest BCUT2D eigenvalue weighted by molar-refractivity contribution is 5.64. The van der Waals surface area contributed by atoms with Gasteiger partial charge < -0.3 is 0 Å². The first-order chi connectivity index (χ1) is 2.89. The van der Waals surface area contributed by atoms with Gasteiger partial charge in [-0.25, -0.2) is 0 Å². The quantitative estimate of drug-likeness (QED) is 0.386. The summed E-state index contributed by atoms with van der Waals surface area (Å²) in [5, 5.41) is 0. The zero-order valence-corrected chi connectivity index (χ0v) is 3.65. The summed E-state index contributed by atoms with van der Waals surface area (Å²) in [7, 11) is 0. The smallest absolute Gasteiger partial charge is 0.0596 e. The zero-order chi connectivity index (χ0) is 4.41. The summed E-state index contributed by atoms with van der Waals surface area (Å²) in [4.78, 5) is 3.94. The molecule has 0 amide bonds. The average Bonchev–Trinajstić information content (AvgIpc) is 1.86. The van der Waals surface area contributed by atoms with Crippen molar-refractivity contribution in [3.8, 4) is 0 Å². The molecule has 0 unspecified atom stereocenters. The lowest BCUT2D eigenvalue weighted by Gasteiger charge is -1.79. The molecule has 0 radical (unpaired) electrons. The molecule has 0 aromatic rings. The summed E-state index contributed by atoms with van der Waals surface area (Å²) >= 11 is 0. The van der Waals surface area contributed by atoms with Crippen molar-refractivity contribution in [1.29, 1.82) is 0 Å². The van der Waals surface area contributed by atoms with Crippen LogP contribution in [0.5, 0.6) is 0 Å². The van der Waals surface area contributed by atoms with Crippen LogP contribution in [0.2, 0.25) is 0 Å². The number of hydrogen-bond donors (Lipinski definition) is 0. The Labute approximate surface area is 37.4 Å². The minimum absolute atomic E-state index is 0.861. The summed E-state index contributed by atoms with van der Waals surface area (Å²) in [6.45, 7) is 4.59. The fraction of sp³-hybridized carbons (Fsp3) is 0.400. The number of nitrogens with zero attached hydrogens (tertiary/aromatic N) is 1. The molecule has 1 aliphatic rings. The standard InChI is InChI=1S/C5H7N/c1-5-2-3-6-4-5/h3H,1-2,4H2. The van der Waals surface area contributed by atoms with Crippen LogP contribution in [0.15, 0.2) is 17.1 Å². The summed E-state index contributed by atoms with van der Waals surface area (Å²) in [6, 6.07) is 0. The van der Waals surface area contributed by atoms with Gasteiger partial charge in [0, 0.05) is 12.6 Å². The first kappa shape index (κ1) is 3.59. The highest BCUT2D eigenvalue weighted by atomic mass is 14.7. The van der Waals surface area contributed by atoms with Crippen LogP contribution in [0.1, 0.15) is 6.42 Å². The van der Waals surface area contributed by atoms with Gasteiger partial charge in [-0.2, -0.15) is 0 Å². The average molecular weight is 81.1 g/mol. The van der Waals surface area contributed by atoms with Crippen molar-refractivity contribution < 1.29 is 0 Å². The Balaban J connectivity index is 2.52. The summed E-state index contributed by atoms with van der Waals surface area (Å²) < 4.78 is 0. The molecule has 0 spiro atoms. The summed E-state index contributed by atoms with van der Waals surface area (Å²) in [5.41, 5.74) is 1.23. The fourth-order valence-corrected chi connectivity index (χ4v) is 0.452. The monoisotopic (exact) mass is 81.1 g/mol. The molecular formula is C5H7N. The molecule has 0 fully saturated rings. The molecule has 1 aliphatic heterocycles. The van der Waals surface area contributed by atoms with E-state index in [0.717, 1.165) is 13.0 Å². The predicted octanol–water partition coefficient (Wildman–Crippen LogP) is 1.02. The van der Waals surface area contributed by atoms with Gasteiger partial charge in [0.25, 0.3) is 0 Å². The Hall–Kier alpha value is -0.590. The molecule has 0 saturated carbocycles. The molecule has 0 atom stereocenters. The molecule has 1 heterocycles. The van der Waals surface area contributed by atoms with Crippen LogP contribution in [-0.2, 0) is 0 Å². The van der Waals surface area contributed by atoms with Crippen LogP contribution in [0, 0.1) is 0 Å². The third kappa shape index (κ3) is 0.482. The second kappa shape index (κ2) is 1.25. The molecule has 0 N–H and O–H groups in total. The Morgan fingerprint density at radius 2 is 2.67 bits per heavy atom. The van der Waals surface area contributed by atoms with Gasteiger partial charge in [-0.3, -0.25) is 4.99 Å². The van der Waals surface area contributed by atoms with Gasteiger partial charge in [0.05, 0.1) is 6.54 Å². The van der Waals surface area contributed by atoms with Gasteiger partial charge in [0.2, 0.25) is 0 Å². The first-order valence-electron chi connectivity index (χ1n) is 2.04. The highest BCUT2D eigenvalue weighted by Gasteiger charge is 1.93. The van der Waals surface area contributed by atoms with E-state index in [1.165, 1.54) is 5.57 Å². The van der Waals surface area contributed by atoms with Crippen LogP contribution < -0.4 is 0 Å². The Kier molecular flexibility index (Phi) is 0.748. The fourth-order valence-electron chi connectivity index (χ4n) is 0.452. The summed E-state index contributed by atoms with van der Waals surface area (Å²) in [6.07, 6.45) is 2.91. The van der Waals surface area contributed by atoms with Crippen LogP contribution in [0.3, 0.4) is 0 Å². The van der Waals surface area contributed by atoms with Crippen molar-refractivity contribution in [3.05, 3.63) is 12.2 Å². The van der Waals surface area contributed by atoms with Crippen LogP contribution in [0.25, 0.3) is 0 Å². The molecule has 0 bridgehead atoms. The lowest BCUT2D eigenvalue weighted by molar-refractivity contribution is 1.20. The molecule has 0 saturated heterocycles. The Bertz CT molecular complexity index is 82.1. The van der Waals surface area contributed by atoms with Gasteiger partial charge in [-0.1, -0.05) is 12.2 Å². The second-order valence-electron chi connectivity index (χ2n) is 1.48. The van der Waals surface area contributed by atoms with E-state index in [9.17, 15) is 0 Å². The van der Waals surface area contributed by atoms with Crippen molar-refractivity contribution in [1.82, 2.24) is 0 Å². The third-order valence-electron chi connectivity index (χ3n) is 0.824. The topological polar surface area (TPSA) is 12.4 Å². The van der Waals surface area contributed by atoms with E-state index in [1.54, 1.807) is 0 Å². The second-order valence-corrected chi connectivity index (χ2v) is 1.48. The van der Waals surface area contributed by atoms with Crippen LogP contribution in [-0.4, -0.2) is 12.8 Å². The van der Waals surface area contributed by atoms with Crippen molar-refractivity contribution in [2.75, 3.05) is 6.54 Å². The van der Waals surface area contributed by atoms with E-state index in [-0.39, 0.29) is 0 Å². The minimum Gasteiger partial charge on any atom is -0.293 e. The van der Waals surface area contributed by atoms with Crippen molar-refractivity contribution >= 4 is 6.21 Å². The maximum Gasteiger partial charge on any atom is 0.0596 e. The third-order valence-corrected chi connectivity index (χ3v) is 0.824. The van der Waals surface area contributed by atoms with Gasteiger partial charge in [0.1, 0.15) is 0 Å². The van der Waals surface area contributed by atoms with Gasteiger partial charge in [0.15, 0.2) is 0 Å². The van der Waals surface area contributed by atoms with Crippen LogP contribution in [0.4, 0.5) is 0 Å². The SMILES string of the molecule is C=C1CC=NC1. The number of hydrogen-bond acceptors (Lipinski definition) is 1. The zero-order valence-electron chi connectivity index (χ0n) is 3.65. The van der Waals surface area contributed by atoms with Crippen molar-refractivity contribution in [2.45, 2.75) is 6.42 Å². The van der Waals surface area contributed by atoms with Gasteiger partial charge in [-0.05, 0) is 0 Å². The first-order valence-corrected chi connectivity index (χ1v) is 2.04. The Morgan fingerprint density at radius 3 is 2.83 bits per heavy atom. The molecule has 32 valence electrons. The largest absolute Gasteiger partial charge is 0.293 e.